The number of carbonyl (C=O) groups excluding carboxylic acids is 1. The van der Waals surface area contributed by atoms with Gasteiger partial charge in [-0.3, -0.25) is 9.78 Å². The number of nitrogens with one attached hydrogen (secondary N) is 1. The molecule has 2 aromatic rings. The lowest BCUT2D eigenvalue weighted by atomic mass is 10.0. The average molecular weight is 397 g/mol. The standard InChI is InChI=1S/C22H27N3O4/c1-27-19-4-2-3-17(15-19)5-9-23-18-6-10-24-20(16-18)21(26)25-11-7-22(8-12-25)28-13-14-29-22/h2-4,6,10,15-16H,5,7-9,11-14H2,1H3,(H,23,24). The van der Waals surface area contributed by atoms with Crippen LogP contribution in [0.4, 0.5) is 5.69 Å². The maximum atomic E-state index is 12.9. The molecule has 0 aliphatic carbocycles. The molecule has 1 N–H and O–H groups in total. The predicted octanol–water partition coefficient (Wildman–Crippen LogP) is 2.72. The van der Waals surface area contributed by atoms with Gasteiger partial charge in [0.25, 0.3) is 5.91 Å². The summed E-state index contributed by atoms with van der Waals surface area (Å²) in [6.07, 6.45) is 3.95. The molecule has 2 saturated heterocycles. The van der Waals surface area contributed by atoms with Gasteiger partial charge < -0.3 is 24.4 Å². The number of hydrogen-bond donors (Lipinski definition) is 1. The first-order valence-corrected chi connectivity index (χ1v) is 10.1. The first kappa shape index (κ1) is 19.7. The lowest BCUT2D eigenvalue weighted by molar-refractivity contribution is -0.181. The van der Waals surface area contributed by atoms with Crippen molar-refractivity contribution in [3.05, 3.63) is 53.9 Å². The molecule has 154 valence electrons. The number of piperidine rings is 1. The number of amides is 1. The minimum absolute atomic E-state index is 0.0470. The van der Waals surface area contributed by atoms with Crippen LogP contribution in [0, 0.1) is 0 Å². The normalized spacial score (nSPS) is 18.0. The third-order valence-corrected chi connectivity index (χ3v) is 5.48. The van der Waals surface area contributed by atoms with Crippen LogP contribution in [0.2, 0.25) is 0 Å². The zero-order chi connectivity index (χ0) is 20.1. The fourth-order valence-corrected chi connectivity index (χ4v) is 3.83. The molecule has 7 nitrogen and oxygen atoms in total. The van der Waals surface area contributed by atoms with Gasteiger partial charge in [0.15, 0.2) is 5.79 Å². The van der Waals surface area contributed by atoms with Crippen LogP contribution in [-0.4, -0.2) is 61.5 Å². The minimum atomic E-state index is -0.478. The molecule has 0 saturated carbocycles. The molecule has 0 radical (unpaired) electrons. The van der Waals surface area contributed by atoms with Gasteiger partial charge in [0.05, 0.1) is 20.3 Å². The summed E-state index contributed by atoms with van der Waals surface area (Å²) in [5.41, 5.74) is 2.54. The summed E-state index contributed by atoms with van der Waals surface area (Å²) in [5.74, 6) is 0.332. The second-order valence-corrected chi connectivity index (χ2v) is 7.36. The number of benzene rings is 1. The first-order chi connectivity index (χ1) is 14.2. The van der Waals surface area contributed by atoms with E-state index in [-0.39, 0.29) is 5.91 Å². The third kappa shape index (κ3) is 4.68. The number of ether oxygens (including phenoxy) is 3. The van der Waals surface area contributed by atoms with Gasteiger partial charge in [-0.05, 0) is 36.2 Å². The van der Waals surface area contributed by atoms with Crippen molar-refractivity contribution in [2.24, 2.45) is 0 Å². The molecule has 1 aromatic heterocycles. The van der Waals surface area contributed by atoms with Gasteiger partial charge >= 0.3 is 0 Å². The number of nitrogens with zero attached hydrogens (tertiary/aromatic N) is 2. The molecule has 0 atom stereocenters. The van der Waals surface area contributed by atoms with E-state index >= 15 is 0 Å². The van der Waals surface area contributed by atoms with Crippen LogP contribution >= 0.6 is 0 Å². The molecule has 1 amide bonds. The summed E-state index contributed by atoms with van der Waals surface area (Å²) in [5, 5.41) is 3.38. The van der Waals surface area contributed by atoms with Gasteiger partial charge in [-0.2, -0.15) is 0 Å². The Morgan fingerprint density at radius 3 is 2.76 bits per heavy atom. The smallest absolute Gasteiger partial charge is 0.272 e. The van der Waals surface area contributed by atoms with E-state index in [0.717, 1.165) is 24.4 Å². The molecular formula is C22H27N3O4. The number of aromatic nitrogens is 1. The zero-order valence-corrected chi connectivity index (χ0v) is 16.7. The Bertz CT molecular complexity index is 841. The molecule has 2 aliphatic rings. The summed E-state index contributed by atoms with van der Waals surface area (Å²) < 4.78 is 16.7. The van der Waals surface area contributed by atoms with Crippen molar-refractivity contribution in [3.8, 4) is 5.75 Å². The topological polar surface area (TPSA) is 72.9 Å². The Morgan fingerprint density at radius 2 is 2.00 bits per heavy atom. The highest BCUT2D eigenvalue weighted by Gasteiger charge is 2.41. The van der Waals surface area contributed by atoms with Gasteiger partial charge in [0, 0.05) is 44.4 Å². The summed E-state index contributed by atoms with van der Waals surface area (Å²) in [6, 6.07) is 11.7. The molecule has 0 bridgehead atoms. The number of carbonyl (C=O) groups is 1. The van der Waals surface area contributed by atoms with Crippen LogP contribution in [-0.2, 0) is 15.9 Å². The molecule has 1 aromatic carbocycles. The Morgan fingerprint density at radius 1 is 1.21 bits per heavy atom. The molecule has 0 unspecified atom stereocenters. The summed E-state index contributed by atoms with van der Waals surface area (Å²) in [7, 11) is 1.67. The van der Waals surface area contributed by atoms with Gasteiger partial charge in [-0.1, -0.05) is 12.1 Å². The number of anilines is 1. The maximum absolute atomic E-state index is 12.9. The lowest BCUT2D eigenvalue weighted by Gasteiger charge is -2.37. The van der Waals surface area contributed by atoms with Crippen molar-refractivity contribution < 1.29 is 19.0 Å². The molecule has 4 rings (SSSR count). The lowest BCUT2D eigenvalue weighted by Crippen LogP contribution is -2.47. The monoisotopic (exact) mass is 397 g/mol. The van der Waals surface area contributed by atoms with E-state index in [1.54, 1.807) is 13.3 Å². The van der Waals surface area contributed by atoms with Crippen LogP contribution in [0.1, 0.15) is 28.9 Å². The Balaban J connectivity index is 1.31. The number of rotatable bonds is 6. The Labute approximate surface area is 171 Å². The number of pyridine rings is 1. The summed E-state index contributed by atoms with van der Waals surface area (Å²) in [4.78, 5) is 19.0. The fourth-order valence-electron chi connectivity index (χ4n) is 3.83. The minimum Gasteiger partial charge on any atom is -0.497 e. The Kier molecular flexibility index (Phi) is 5.97. The number of likely N-dealkylation sites (tertiary alicyclic amines) is 1. The largest absolute Gasteiger partial charge is 0.497 e. The van der Waals surface area contributed by atoms with Crippen molar-refractivity contribution >= 4 is 11.6 Å². The van der Waals surface area contributed by atoms with E-state index in [9.17, 15) is 4.79 Å². The van der Waals surface area contributed by atoms with Gasteiger partial charge in [-0.25, -0.2) is 0 Å². The van der Waals surface area contributed by atoms with E-state index < -0.39 is 5.79 Å². The van der Waals surface area contributed by atoms with Crippen LogP contribution in [0.15, 0.2) is 42.6 Å². The fraction of sp³-hybridized carbons (Fsp3) is 0.455. The van der Waals surface area contributed by atoms with Crippen molar-refractivity contribution in [2.75, 3.05) is 45.3 Å². The summed E-state index contributed by atoms with van der Waals surface area (Å²) >= 11 is 0. The van der Waals surface area contributed by atoms with Gasteiger partial charge in [-0.15, -0.1) is 0 Å². The molecule has 2 aliphatic heterocycles. The Hall–Kier alpha value is -2.64. The van der Waals surface area contributed by atoms with E-state index in [4.69, 9.17) is 14.2 Å². The first-order valence-electron chi connectivity index (χ1n) is 10.1. The summed E-state index contributed by atoms with van der Waals surface area (Å²) in [6.45, 7) is 3.27. The van der Waals surface area contributed by atoms with Crippen LogP contribution in [0.25, 0.3) is 0 Å². The van der Waals surface area contributed by atoms with Crippen molar-refractivity contribution in [1.82, 2.24) is 9.88 Å². The van der Waals surface area contributed by atoms with Gasteiger partial charge in [0.1, 0.15) is 11.4 Å². The van der Waals surface area contributed by atoms with Crippen LogP contribution < -0.4 is 10.1 Å². The molecule has 1 spiro atoms. The molecule has 29 heavy (non-hydrogen) atoms. The molecule has 7 heteroatoms. The molecule has 2 fully saturated rings. The second-order valence-electron chi connectivity index (χ2n) is 7.36. The SMILES string of the molecule is COc1cccc(CCNc2ccnc(C(=O)N3CCC4(CC3)OCCO4)c2)c1. The van der Waals surface area contributed by atoms with Crippen molar-refractivity contribution in [2.45, 2.75) is 25.0 Å². The van der Waals surface area contributed by atoms with Crippen molar-refractivity contribution in [3.63, 3.8) is 0 Å². The highest BCUT2D eigenvalue weighted by Crippen LogP contribution is 2.31. The zero-order valence-electron chi connectivity index (χ0n) is 16.7. The second kappa shape index (κ2) is 8.80. The molecular weight excluding hydrogens is 370 g/mol. The van der Waals surface area contributed by atoms with Crippen molar-refractivity contribution in [1.29, 1.82) is 0 Å². The average Bonchev–Trinajstić information content (AvgIpc) is 3.22. The van der Waals surface area contributed by atoms with E-state index in [1.807, 2.05) is 35.2 Å². The highest BCUT2D eigenvalue weighted by molar-refractivity contribution is 5.93. The van der Waals surface area contributed by atoms with E-state index in [1.165, 1.54) is 5.56 Å². The van der Waals surface area contributed by atoms with Gasteiger partial charge in [0.2, 0.25) is 0 Å². The quantitative estimate of drug-likeness (QED) is 0.808. The maximum Gasteiger partial charge on any atom is 0.272 e. The molecule has 3 heterocycles. The van der Waals surface area contributed by atoms with E-state index in [0.29, 0.717) is 44.8 Å². The van der Waals surface area contributed by atoms with Crippen LogP contribution in [0.5, 0.6) is 5.75 Å². The highest BCUT2D eigenvalue weighted by atomic mass is 16.7. The van der Waals surface area contributed by atoms with Crippen LogP contribution in [0.3, 0.4) is 0 Å². The predicted molar refractivity (Wildman–Crippen MR) is 109 cm³/mol. The number of hydrogen-bond acceptors (Lipinski definition) is 6. The number of methoxy groups -OCH3 is 1. The van der Waals surface area contributed by atoms with E-state index in [2.05, 4.69) is 16.4 Å². The third-order valence-electron chi connectivity index (χ3n) is 5.48.